The zero-order valence-electron chi connectivity index (χ0n) is 16.5. The molecule has 1 unspecified atom stereocenters. The maximum absolute atomic E-state index is 12.3. The van der Waals surface area contributed by atoms with Crippen LogP contribution in [-0.2, 0) is 17.9 Å². The van der Waals surface area contributed by atoms with Crippen LogP contribution in [0.3, 0.4) is 0 Å². The predicted molar refractivity (Wildman–Crippen MR) is 113 cm³/mol. The van der Waals surface area contributed by atoms with Crippen molar-refractivity contribution in [3.63, 3.8) is 0 Å². The molecule has 0 saturated carbocycles. The van der Waals surface area contributed by atoms with Gasteiger partial charge in [0, 0.05) is 36.4 Å². The van der Waals surface area contributed by atoms with E-state index in [-0.39, 0.29) is 31.1 Å². The molecule has 3 rings (SSSR count). The molecular weight excluding hydrogens is 408 g/mol. The Balaban J connectivity index is 1.51. The molecule has 158 valence electrons. The third-order valence-corrected chi connectivity index (χ3v) is 5.12. The number of benzene rings is 2. The van der Waals surface area contributed by atoms with Crippen molar-refractivity contribution in [1.29, 1.82) is 0 Å². The third kappa shape index (κ3) is 5.64. The lowest BCUT2D eigenvalue weighted by atomic mass is 10.1. The lowest BCUT2D eigenvalue weighted by molar-refractivity contribution is -0.139. The maximum Gasteiger partial charge on any atom is 0.407 e. The summed E-state index contributed by atoms with van der Waals surface area (Å²) in [6.45, 7) is 2.75. The molecule has 2 aromatic rings. The van der Waals surface area contributed by atoms with Gasteiger partial charge in [-0.05, 0) is 42.3 Å². The van der Waals surface area contributed by atoms with E-state index in [4.69, 9.17) is 16.7 Å². The lowest BCUT2D eigenvalue weighted by Crippen LogP contribution is -2.56. The quantitative estimate of drug-likeness (QED) is 0.676. The summed E-state index contributed by atoms with van der Waals surface area (Å²) < 4.78 is 0. The number of hydrogen-bond acceptors (Lipinski definition) is 3. The number of carbonyl (C=O) groups excluding carboxylic acids is 2. The minimum Gasteiger partial charge on any atom is -0.465 e. The first-order valence-corrected chi connectivity index (χ1v) is 9.85. The summed E-state index contributed by atoms with van der Waals surface area (Å²) in [6, 6.07) is 13.9. The SMILES string of the molecule is CC1CN(C(=O)O)CC(=O)N1Cc1ccc(NC(=O)NCc2ccc(Cl)cc2)cc1. The van der Waals surface area contributed by atoms with Crippen molar-refractivity contribution >= 4 is 35.3 Å². The largest absolute Gasteiger partial charge is 0.465 e. The van der Waals surface area contributed by atoms with Crippen molar-refractivity contribution in [3.8, 4) is 0 Å². The summed E-state index contributed by atoms with van der Waals surface area (Å²) in [6.07, 6.45) is -1.08. The number of nitrogens with one attached hydrogen (secondary N) is 2. The van der Waals surface area contributed by atoms with E-state index in [0.29, 0.717) is 23.8 Å². The fourth-order valence-corrected chi connectivity index (χ4v) is 3.35. The van der Waals surface area contributed by atoms with Gasteiger partial charge in [0.15, 0.2) is 0 Å². The van der Waals surface area contributed by atoms with Crippen molar-refractivity contribution < 1.29 is 19.5 Å². The molecule has 0 spiro atoms. The Labute approximate surface area is 179 Å². The standard InChI is InChI=1S/C21H23ClN4O4/c1-14-11-25(21(29)30)13-19(27)26(14)12-16-4-8-18(9-5-16)24-20(28)23-10-15-2-6-17(22)7-3-15/h2-9,14H,10-13H2,1H3,(H,29,30)(H2,23,24,28). The Bertz CT molecular complexity index is 918. The number of urea groups is 1. The van der Waals surface area contributed by atoms with E-state index in [1.165, 1.54) is 0 Å². The molecule has 8 nitrogen and oxygen atoms in total. The fraction of sp³-hybridized carbons (Fsp3) is 0.286. The summed E-state index contributed by atoms with van der Waals surface area (Å²) in [7, 11) is 0. The van der Waals surface area contributed by atoms with Gasteiger partial charge in [-0.1, -0.05) is 35.9 Å². The molecule has 1 saturated heterocycles. The zero-order chi connectivity index (χ0) is 21.7. The average molecular weight is 431 g/mol. The van der Waals surface area contributed by atoms with Gasteiger partial charge in [0.2, 0.25) is 5.91 Å². The van der Waals surface area contributed by atoms with Crippen LogP contribution in [0.15, 0.2) is 48.5 Å². The van der Waals surface area contributed by atoms with Gasteiger partial charge in [-0.15, -0.1) is 0 Å². The van der Waals surface area contributed by atoms with Crippen molar-refractivity contribution in [2.75, 3.05) is 18.4 Å². The molecule has 1 aliphatic heterocycles. The highest BCUT2D eigenvalue weighted by molar-refractivity contribution is 6.30. The Hall–Kier alpha value is -3.26. The topological polar surface area (TPSA) is 102 Å². The first-order chi connectivity index (χ1) is 14.3. The fourth-order valence-electron chi connectivity index (χ4n) is 3.22. The molecule has 0 radical (unpaired) electrons. The number of carbonyl (C=O) groups is 3. The molecule has 1 heterocycles. The lowest BCUT2D eigenvalue weighted by Gasteiger charge is -2.38. The van der Waals surface area contributed by atoms with E-state index in [1.807, 2.05) is 31.2 Å². The third-order valence-electron chi connectivity index (χ3n) is 4.86. The smallest absolute Gasteiger partial charge is 0.407 e. The van der Waals surface area contributed by atoms with E-state index in [2.05, 4.69) is 10.6 Å². The number of nitrogens with zero attached hydrogens (tertiary/aromatic N) is 2. The number of hydrogen-bond donors (Lipinski definition) is 3. The molecule has 9 heteroatoms. The summed E-state index contributed by atoms with van der Waals surface area (Å²) in [5.74, 6) is -0.222. The second-order valence-electron chi connectivity index (χ2n) is 7.16. The maximum atomic E-state index is 12.3. The van der Waals surface area contributed by atoms with Gasteiger partial charge in [-0.2, -0.15) is 0 Å². The van der Waals surface area contributed by atoms with Crippen molar-refractivity contribution in [2.45, 2.75) is 26.1 Å². The minimum atomic E-state index is -1.08. The molecule has 1 fully saturated rings. The average Bonchev–Trinajstić information content (AvgIpc) is 2.71. The number of piperazine rings is 1. The summed E-state index contributed by atoms with van der Waals surface area (Å²) in [4.78, 5) is 38.2. The second-order valence-corrected chi connectivity index (χ2v) is 7.60. The first kappa shape index (κ1) is 21.4. The normalized spacial score (nSPS) is 16.3. The highest BCUT2D eigenvalue weighted by Gasteiger charge is 2.32. The highest BCUT2D eigenvalue weighted by Crippen LogP contribution is 2.17. The molecule has 4 amide bonds. The number of halogens is 1. The molecule has 0 aliphatic carbocycles. The highest BCUT2D eigenvalue weighted by atomic mass is 35.5. The molecule has 1 aliphatic rings. The van der Waals surface area contributed by atoms with Crippen LogP contribution < -0.4 is 10.6 Å². The summed E-state index contributed by atoms with van der Waals surface area (Å²) in [5, 5.41) is 15.3. The van der Waals surface area contributed by atoms with E-state index in [0.717, 1.165) is 16.0 Å². The van der Waals surface area contributed by atoms with Crippen LogP contribution in [0.25, 0.3) is 0 Å². The van der Waals surface area contributed by atoms with Gasteiger partial charge < -0.3 is 20.6 Å². The van der Waals surface area contributed by atoms with Crippen LogP contribution in [0, 0.1) is 0 Å². The second kappa shape index (κ2) is 9.49. The van der Waals surface area contributed by atoms with Crippen LogP contribution in [-0.4, -0.2) is 52.1 Å². The first-order valence-electron chi connectivity index (χ1n) is 9.47. The summed E-state index contributed by atoms with van der Waals surface area (Å²) in [5.41, 5.74) is 2.46. The molecule has 3 N–H and O–H groups in total. The molecule has 0 bridgehead atoms. The molecule has 30 heavy (non-hydrogen) atoms. The van der Waals surface area contributed by atoms with Crippen LogP contribution >= 0.6 is 11.6 Å². The van der Waals surface area contributed by atoms with Gasteiger partial charge in [0.1, 0.15) is 6.54 Å². The van der Waals surface area contributed by atoms with Gasteiger partial charge in [-0.25, -0.2) is 9.59 Å². The van der Waals surface area contributed by atoms with Crippen LogP contribution in [0.1, 0.15) is 18.1 Å². The van der Waals surface area contributed by atoms with Crippen LogP contribution in [0.5, 0.6) is 0 Å². The minimum absolute atomic E-state index is 0.132. The van der Waals surface area contributed by atoms with Gasteiger partial charge >= 0.3 is 12.1 Å². The Morgan fingerprint density at radius 1 is 1.10 bits per heavy atom. The van der Waals surface area contributed by atoms with E-state index in [9.17, 15) is 14.4 Å². The summed E-state index contributed by atoms with van der Waals surface area (Å²) >= 11 is 5.84. The Morgan fingerprint density at radius 2 is 1.73 bits per heavy atom. The van der Waals surface area contributed by atoms with Gasteiger partial charge in [0.25, 0.3) is 0 Å². The Morgan fingerprint density at radius 3 is 2.33 bits per heavy atom. The van der Waals surface area contributed by atoms with Crippen LogP contribution in [0.4, 0.5) is 15.3 Å². The molecular formula is C21H23ClN4O4. The van der Waals surface area contributed by atoms with Gasteiger partial charge in [-0.3, -0.25) is 9.69 Å². The number of anilines is 1. The number of carboxylic acid groups (broad SMARTS) is 1. The number of rotatable bonds is 5. The molecule has 0 aromatic heterocycles. The van der Waals surface area contributed by atoms with Crippen molar-refractivity contribution in [3.05, 3.63) is 64.7 Å². The van der Waals surface area contributed by atoms with Gasteiger partial charge in [0.05, 0.1) is 0 Å². The van der Waals surface area contributed by atoms with E-state index >= 15 is 0 Å². The monoisotopic (exact) mass is 430 g/mol. The van der Waals surface area contributed by atoms with Crippen LogP contribution in [0.2, 0.25) is 5.02 Å². The van der Waals surface area contributed by atoms with E-state index in [1.54, 1.807) is 29.2 Å². The zero-order valence-corrected chi connectivity index (χ0v) is 17.2. The van der Waals surface area contributed by atoms with Crippen molar-refractivity contribution in [1.82, 2.24) is 15.1 Å². The molecule has 1 atom stereocenters. The van der Waals surface area contributed by atoms with E-state index < -0.39 is 6.09 Å². The predicted octanol–water partition coefficient (Wildman–Crippen LogP) is 3.37. The number of amides is 4. The Kier molecular flexibility index (Phi) is 6.79. The molecule has 2 aromatic carbocycles. The van der Waals surface area contributed by atoms with Crippen molar-refractivity contribution in [2.24, 2.45) is 0 Å².